The number of carbonyl (C=O) groups excluding carboxylic acids is 1. The summed E-state index contributed by atoms with van der Waals surface area (Å²) in [6.45, 7) is 0. The van der Waals surface area contributed by atoms with Gasteiger partial charge in [0.2, 0.25) is 11.9 Å². The fraction of sp³-hybridized carbons (Fsp3) is 0.118. The number of thiophene rings is 1. The van der Waals surface area contributed by atoms with Crippen molar-refractivity contribution in [2.45, 2.75) is 12.6 Å². The molecule has 1 aliphatic rings. The molecule has 1 aliphatic heterocycles. The number of carbonyl (C=O) groups is 1. The van der Waals surface area contributed by atoms with Crippen LogP contribution in [0, 0.1) is 0 Å². The molecule has 3 heterocycles. The highest BCUT2D eigenvalue weighted by Crippen LogP contribution is 2.37. The number of hydrogen-bond donors (Lipinski definition) is 2. The molecule has 1 amide bonds. The number of fused-ring (bicyclic) bond motifs is 3. The molecule has 0 atom stereocenters. The van der Waals surface area contributed by atoms with Crippen LogP contribution in [-0.2, 0) is 17.4 Å². The van der Waals surface area contributed by atoms with Crippen molar-refractivity contribution in [1.29, 1.82) is 0 Å². The Kier molecular flexibility index (Phi) is 3.87. The Morgan fingerprint density at radius 2 is 1.92 bits per heavy atom. The van der Waals surface area contributed by atoms with Crippen LogP contribution >= 0.6 is 11.3 Å². The number of amides is 1. The molecule has 9 heteroatoms. The van der Waals surface area contributed by atoms with E-state index in [0.717, 1.165) is 17.0 Å². The fourth-order valence-electron chi connectivity index (χ4n) is 2.62. The van der Waals surface area contributed by atoms with Crippen molar-refractivity contribution in [3.05, 3.63) is 53.0 Å². The highest BCUT2D eigenvalue weighted by atomic mass is 32.1. The maximum atomic E-state index is 12.6. The number of hydrogen-bond acceptors (Lipinski definition) is 5. The predicted molar refractivity (Wildman–Crippen MR) is 92.4 cm³/mol. The SMILES string of the molecule is O=C1Cc2cnc(Nc3ccc(C(F)(F)F)cc3)nc2-c2sccc2N1. The Bertz CT molecular complexity index is 982. The molecule has 2 N–H and O–H groups in total. The van der Waals surface area contributed by atoms with E-state index in [9.17, 15) is 18.0 Å². The lowest BCUT2D eigenvalue weighted by Crippen LogP contribution is -2.12. The number of rotatable bonds is 2. The Morgan fingerprint density at radius 3 is 2.65 bits per heavy atom. The lowest BCUT2D eigenvalue weighted by atomic mass is 10.1. The van der Waals surface area contributed by atoms with Gasteiger partial charge in [-0.1, -0.05) is 0 Å². The van der Waals surface area contributed by atoms with Crippen LogP contribution in [0.1, 0.15) is 11.1 Å². The lowest BCUT2D eigenvalue weighted by molar-refractivity contribution is -0.137. The molecule has 132 valence electrons. The maximum Gasteiger partial charge on any atom is 0.416 e. The first kappa shape index (κ1) is 16.5. The zero-order valence-electron chi connectivity index (χ0n) is 13.1. The number of aromatic nitrogens is 2. The van der Waals surface area contributed by atoms with E-state index in [1.165, 1.54) is 23.5 Å². The molecule has 0 bridgehead atoms. The van der Waals surface area contributed by atoms with Gasteiger partial charge >= 0.3 is 6.18 Å². The number of alkyl halides is 3. The summed E-state index contributed by atoms with van der Waals surface area (Å²) in [6, 6.07) is 6.43. The molecule has 1 aromatic carbocycles. The summed E-state index contributed by atoms with van der Waals surface area (Å²) in [5.41, 5.74) is 1.74. The quantitative estimate of drug-likeness (QED) is 0.693. The van der Waals surface area contributed by atoms with Crippen LogP contribution in [0.15, 0.2) is 41.9 Å². The highest BCUT2D eigenvalue weighted by molar-refractivity contribution is 7.14. The third kappa shape index (κ3) is 3.13. The molecule has 5 nitrogen and oxygen atoms in total. The Hall–Kier alpha value is -2.94. The monoisotopic (exact) mass is 376 g/mol. The first-order chi connectivity index (χ1) is 12.4. The van der Waals surface area contributed by atoms with Gasteiger partial charge in [0.15, 0.2) is 0 Å². The second kappa shape index (κ2) is 6.10. The number of benzene rings is 1. The van der Waals surface area contributed by atoms with Crippen LogP contribution in [0.4, 0.5) is 30.5 Å². The fourth-order valence-corrected chi connectivity index (χ4v) is 3.50. The van der Waals surface area contributed by atoms with E-state index in [-0.39, 0.29) is 18.3 Å². The van der Waals surface area contributed by atoms with E-state index in [2.05, 4.69) is 20.6 Å². The Labute approximate surface area is 149 Å². The molecule has 2 aromatic heterocycles. The van der Waals surface area contributed by atoms with E-state index in [4.69, 9.17) is 0 Å². The first-order valence-corrected chi connectivity index (χ1v) is 8.46. The topological polar surface area (TPSA) is 66.9 Å². The standard InChI is InChI=1S/C17H11F3N4OS/c18-17(19,20)10-1-3-11(4-2-10)22-16-21-8-9-7-13(25)23-12-5-6-26-15(12)14(9)24-16/h1-6,8H,7H2,(H,23,25)(H,21,22,24). The van der Waals surface area contributed by atoms with Gasteiger partial charge in [-0.15, -0.1) is 11.3 Å². The lowest BCUT2D eigenvalue weighted by Gasteiger charge is -2.10. The molecule has 3 aromatic rings. The first-order valence-electron chi connectivity index (χ1n) is 7.58. The van der Waals surface area contributed by atoms with Gasteiger partial charge in [-0.2, -0.15) is 13.2 Å². The summed E-state index contributed by atoms with van der Waals surface area (Å²) in [5, 5.41) is 7.56. The van der Waals surface area contributed by atoms with Gasteiger partial charge < -0.3 is 10.6 Å². The van der Waals surface area contributed by atoms with Crippen molar-refractivity contribution in [3.8, 4) is 10.6 Å². The van der Waals surface area contributed by atoms with Crippen LogP contribution in [-0.4, -0.2) is 15.9 Å². The van der Waals surface area contributed by atoms with Crippen LogP contribution in [0.25, 0.3) is 10.6 Å². The predicted octanol–water partition coefficient (Wildman–Crippen LogP) is 4.46. The molecule has 0 saturated heterocycles. The number of nitrogens with zero attached hydrogens (tertiary/aromatic N) is 2. The highest BCUT2D eigenvalue weighted by Gasteiger charge is 2.30. The van der Waals surface area contributed by atoms with Crippen molar-refractivity contribution >= 4 is 34.6 Å². The molecular formula is C17H11F3N4OS. The molecule has 0 radical (unpaired) electrons. The van der Waals surface area contributed by atoms with Gasteiger partial charge in [0.05, 0.1) is 28.2 Å². The summed E-state index contributed by atoms with van der Waals surface area (Å²) in [7, 11) is 0. The van der Waals surface area contributed by atoms with Crippen molar-refractivity contribution in [2.75, 3.05) is 10.6 Å². The van der Waals surface area contributed by atoms with Gasteiger partial charge in [0.1, 0.15) is 0 Å². The molecule has 0 spiro atoms. The van der Waals surface area contributed by atoms with Crippen molar-refractivity contribution in [1.82, 2.24) is 9.97 Å². The maximum absolute atomic E-state index is 12.6. The van der Waals surface area contributed by atoms with Gasteiger partial charge in [0, 0.05) is 17.4 Å². The zero-order chi connectivity index (χ0) is 18.3. The second-order valence-electron chi connectivity index (χ2n) is 5.66. The van der Waals surface area contributed by atoms with Gasteiger partial charge in [0.25, 0.3) is 0 Å². The van der Waals surface area contributed by atoms with Crippen molar-refractivity contribution in [2.24, 2.45) is 0 Å². The molecule has 4 rings (SSSR count). The van der Waals surface area contributed by atoms with Gasteiger partial charge in [-0.3, -0.25) is 4.79 Å². The smallest absolute Gasteiger partial charge is 0.324 e. The van der Waals surface area contributed by atoms with Crippen LogP contribution in [0.5, 0.6) is 0 Å². The third-order valence-electron chi connectivity index (χ3n) is 3.84. The number of anilines is 3. The number of nitrogens with one attached hydrogen (secondary N) is 2. The Morgan fingerprint density at radius 1 is 1.15 bits per heavy atom. The normalized spacial score (nSPS) is 13.4. The van der Waals surface area contributed by atoms with E-state index in [0.29, 0.717) is 22.6 Å². The van der Waals surface area contributed by atoms with E-state index >= 15 is 0 Å². The zero-order valence-corrected chi connectivity index (χ0v) is 13.9. The van der Waals surface area contributed by atoms with Crippen LogP contribution in [0.3, 0.4) is 0 Å². The largest absolute Gasteiger partial charge is 0.416 e. The molecule has 26 heavy (non-hydrogen) atoms. The average molecular weight is 376 g/mol. The van der Waals surface area contributed by atoms with Gasteiger partial charge in [-0.05, 0) is 35.7 Å². The summed E-state index contributed by atoms with van der Waals surface area (Å²) in [6.07, 6.45) is -2.66. The second-order valence-corrected chi connectivity index (χ2v) is 6.57. The summed E-state index contributed by atoms with van der Waals surface area (Å²) < 4.78 is 37.9. The minimum atomic E-state index is -4.38. The number of halogens is 3. The minimum absolute atomic E-state index is 0.143. The third-order valence-corrected chi connectivity index (χ3v) is 4.76. The van der Waals surface area contributed by atoms with Crippen LogP contribution < -0.4 is 10.6 Å². The summed E-state index contributed by atoms with van der Waals surface area (Å²) in [5.74, 6) is 0.104. The summed E-state index contributed by atoms with van der Waals surface area (Å²) in [4.78, 5) is 21.4. The Balaban J connectivity index is 1.66. The minimum Gasteiger partial charge on any atom is -0.324 e. The van der Waals surface area contributed by atoms with Crippen molar-refractivity contribution in [3.63, 3.8) is 0 Å². The molecule has 0 aliphatic carbocycles. The molecule has 0 saturated carbocycles. The molecule has 0 fully saturated rings. The molecular weight excluding hydrogens is 365 g/mol. The summed E-state index contributed by atoms with van der Waals surface area (Å²) >= 11 is 1.45. The van der Waals surface area contributed by atoms with Gasteiger partial charge in [-0.25, -0.2) is 9.97 Å². The van der Waals surface area contributed by atoms with E-state index < -0.39 is 11.7 Å². The van der Waals surface area contributed by atoms with Crippen LogP contribution in [0.2, 0.25) is 0 Å². The molecule has 0 unspecified atom stereocenters. The van der Waals surface area contributed by atoms with E-state index in [1.807, 2.05) is 5.38 Å². The van der Waals surface area contributed by atoms with E-state index in [1.54, 1.807) is 12.3 Å². The van der Waals surface area contributed by atoms with Crippen molar-refractivity contribution < 1.29 is 18.0 Å². The average Bonchev–Trinajstić information content (AvgIpc) is 2.99.